The molecule has 2 heterocycles. The minimum Gasteiger partial charge on any atom is -0.467 e. The molecule has 0 bridgehead atoms. The van der Waals surface area contributed by atoms with Gasteiger partial charge in [0, 0.05) is 13.5 Å². The number of ether oxygens (including phenoxy) is 4. The number of methoxy groups -OCH3 is 2. The first-order chi connectivity index (χ1) is 10.5. The van der Waals surface area contributed by atoms with Crippen LogP contribution in [0.4, 0.5) is 4.79 Å². The summed E-state index contributed by atoms with van der Waals surface area (Å²) >= 11 is 0. The second-order valence-corrected chi connectivity index (χ2v) is 6.87. The fourth-order valence-electron chi connectivity index (χ4n) is 3.09. The van der Waals surface area contributed by atoms with E-state index in [1.165, 1.54) is 14.2 Å². The zero-order chi connectivity index (χ0) is 17.6. The molecule has 2 fully saturated rings. The van der Waals surface area contributed by atoms with E-state index in [2.05, 4.69) is 0 Å². The highest BCUT2D eigenvalue weighted by Gasteiger charge is 2.67. The highest BCUT2D eigenvalue weighted by molar-refractivity contribution is 6.02. The van der Waals surface area contributed by atoms with E-state index in [-0.39, 0.29) is 6.42 Å². The minimum atomic E-state index is -1.21. The van der Waals surface area contributed by atoms with E-state index < -0.39 is 47.4 Å². The minimum absolute atomic E-state index is 0.263. The molecule has 0 N–H and O–H groups in total. The normalized spacial score (nSPS) is 33.6. The van der Waals surface area contributed by atoms with E-state index in [4.69, 9.17) is 18.9 Å². The average Bonchev–Trinajstić information content (AvgIpc) is 2.87. The quantitative estimate of drug-likeness (QED) is 0.700. The van der Waals surface area contributed by atoms with Gasteiger partial charge in [-0.05, 0) is 27.7 Å². The monoisotopic (exact) mass is 329 g/mol. The van der Waals surface area contributed by atoms with Crippen molar-refractivity contribution < 1.29 is 33.3 Å². The highest BCUT2D eigenvalue weighted by Crippen LogP contribution is 2.47. The maximum atomic E-state index is 12.7. The lowest BCUT2D eigenvalue weighted by Crippen LogP contribution is -2.54. The van der Waals surface area contributed by atoms with Crippen LogP contribution in [0.15, 0.2) is 0 Å². The van der Waals surface area contributed by atoms with Gasteiger partial charge in [-0.1, -0.05) is 0 Å². The van der Waals surface area contributed by atoms with Crippen LogP contribution in [0.1, 0.15) is 34.1 Å². The van der Waals surface area contributed by atoms with Crippen LogP contribution < -0.4 is 0 Å². The molecule has 4 atom stereocenters. The molecule has 0 aromatic rings. The number of hydrogen-bond acceptors (Lipinski definition) is 7. The van der Waals surface area contributed by atoms with Gasteiger partial charge in [0.2, 0.25) is 5.91 Å². The van der Waals surface area contributed by atoms with Crippen molar-refractivity contribution in [2.75, 3.05) is 14.2 Å². The van der Waals surface area contributed by atoms with Gasteiger partial charge in [0.1, 0.15) is 11.2 Å². The van der Waals surface area contributed by atoms with Gasteiger partial charge in [0.05, 0.1) is 13.0 Å². The van der Waals surface area contributed by atoms with E-state index in [1.807, 2.05) is 0 Å². The van der Waals surface area contributed by atoms with Gasteiger partial charge < -0.3 is 18.9 Å². The third kappa shape index (κ3) is 2.92. The molecule has 0 aromatic carbocycles. The van der Waals surface area contributed by atoms with Crippen LogP contribution >= 0.6 is 0 Å². The van der Waals surface area contributed by atoms with Crippen molar-refractivity contribution >= 4 is 18.0 Å². The number of imide groups is 1. The van der Waals surface area contributed by atoms with Gasteiger partial charge >= 0.3 is 12.1 Å². The van der Waals surface area contributed by atoms with Crippen LogP contribution in [-0.2, 0) is 28.5 Å². The first-order valence-corrected chi connectivity index (χ1v) is 7.39. The van der Waals surface area contributed by atoms with Crippen LogP contribution in [0.5, 0.6) is 0 Å². The molecule has 2 saturated heterocycles. The summed E-state index contributed by atoms with van der Waals surface area (Å²) < 4.78 is 20.9. The Labute approximate surface area is 135 Å². The van der Waals surface area contributed by atoms with Crippen molar-refractivity contribution in [3.05, 3.63) is 0 Å². The van der Waals surface area contributed by atoms with E-state index in [1.54, 1.807) is 27.7 Å². The summed E-state index contributed by atoms with van der Waals surface area (Å²) in [6, 6.07) is -1.21. The Balaban J connectivity index is 2.38. The summed E-state index contributed by atoms with van der Waals surface area (Å²) in [5, 5.41) is 0. The fraction of sp³-hybridized carbons (Fsp3) is 0.800. The molecule has 0 aliphatic carbocycles. The van der Waals surface area contributed by atoms with E-state index in [0.29, 0.717) is 0 Å². The van der Waals surface area contributed by atoms with Crippen molar-refractivity contribution in [3.63, 3.8) is 0 Å². The third-order valence-corrected chi connectivity index (χ3v) is 4.12. The molecule has 23 heavy (non-hydrogen) atoms. The Bertz CT molecular complexity index is 526. The molecule has 0 aromatic heterocycles. The van der Waals surface area contributed by atoms with Crippen LogP contribution in [0.2, 0.25) is 0 Å². The molecule has 8 nitrogen and oxygen atoms in total. The van der Waals surface area contributed by atoms with Gasteiger partial charge in [-0.15, -0.1) is 0 Å². The van der Waals surface area contributed by atoms with Gasteiger partial charge in [0.25, 0.3) is 0 Å². The van der Waals surface area contributed by atoms with Crippen LogP contribution in [0.25, 0.3) is 0 Å². The SMILES string of the molecule is COC(=O)C1N(C(=O)OC(C)(C)C)C(=O)C2CC(OC)OC21C. The number of esters is 1. The van der Waals surface area contributed by atoms with Crippen molar-refractivity contribution in [2.45, 2.75) is 57.6 Å². The highest BCUT2D eigenvalue weighted by atomic mass is 16.7. The van der Waals surface area contributed by atoms with E-state index in [9.17, 15) is 14.4 Å². The zero-order valence-corrected chi connectivity index (χ0v) is 14.2. The predicted octanol–water partition coefficient (Wildman–Crippen LogP) is 1.07. The molecule has 4 unspecified atom stereocenters. The lowest BCUT2D eigenvalue weighted by molar-refractivity contribution is -0.179. The van der Waals surface area contributed by atoms with E-state index in [0.717, 1.165) is 4.90 Å². The van der Waals surface area contributed by atoms with Crippen LogP contribution in [0, 0.1) is 5.92 Å². The lowest BCUT2D eigenvalue weighted by atomic mass is 9.87. The molecule has 8 heteroatoms. The topological polar surface area (TPSA) is 91.4 Å². The maximum absolute atomic E-state index is 12.7. The molecule has 0 saturated carbocycles. The van der Waals surface area contributed by atoms with Crippen molar-refractivity contribution in [1.82, 2.24) is 4.90 Å². The Hall–Kier alpha value is -1.67. The number of likely N-dealkylation sites (tertiary alicyclic amines) is 1. The van der Waals surface area contributed by atoms with Crippen molar-refractivity contribution in [3.8, 4) is 0 Å². The second-order valence-electron chi connectivity index (χ2n) is 6.87. The van der Waals surface area contributed by atoms with Gasteiger partial charge in [-0.3, -0.25) is 4.79 Å². The molecule has 2 amide bonds. The number of carbonyl (C=O) groups is 3. The number of nitrogens with zero attached hydrogens (tertiary/aromatic N) is 1. The first kappa shape index (κ1) is 17.7. The summed E-state index contributed by atoms with van der Waals surface area (Å²) in [6.45, 7) is 6.65. The number of amides is 2. The summed E-state index contributed by atoms with van der Waals surface area (Å²) in [4.78, 5) is 38.2. The molecule has 0 spiro atoms. The smallest absolute Gasteiger partial charge is 0.417 e. The van der Waals surface area contributed by atoms with Gasteiger partial charge in [-0.2, -0.15) is 0 Å². The van der Waals surface area contributed by atoms with Gasteiger partial charge in [0.15, 0.2) is 12.3 Å². The molecule has 130 valence electrons. The molecule has 2 aliphatic heterocycles. The summed E-state index contributed by atoms with van der Waals surface area (Å²) in [6.07, 6.45) is -1.23. The maximum Gasteiger partial charge on any atom is 0.417 e. The number of hydrogen-bond donors (Lipinski definition) is 0. The largest absolute Gasteiger partial charge is 0.467 e. The van der Waals surface area contributed by atoms with Crippen LogP contribution in [-0.4, -0.2) is 60.6 Å². The molecule has 2 aliphatic rings. The summed E-state index contributed by atoms with van der Waals surface area (Å²) in [5.74, 6) is -1.92. The Morgan fingerprint density at radius 2 is 1.91 bits per heavy atom. The number of carbonyl (C=O) groups excluding carboxylic acids is 3. The predicted molar refractivity (Wildman–Crippen MR) is 77.3 cm³/mol. The Morgan fingerprint density at radius 1 is 1.30 bits per heavy atom. The Kier molecular flexibility index (Phi) is 4.42. The van der Waals surface area contributed by atoms with Crippen molar-refractivity contribution in [2.24, 2.45) is 5.92 Å². The van der Waals surface area contributed by atoms with Crippen molar-refractivity contribution in [1.29, 1.82) is 0 Å². The molecule has 0 radical (unpaired) electrons. The van der Waals surface area contributed by atoms with E-state index >= 15 is 0 Å². The third-order valence-electron chi connectivity index (χ3n) is 4.12. The Morgan fingerprint density at radius 3 is 2.39 bits per heavy atom. The van der Waals surface area contributed by atoms with Gasteiger partial charge in [-0.25, -0.2) is 14.5 Å². The summed E-state index contributed by atoms with van der Waals surface area (Å²) in [5.41, 5.74) is -2.01. The first-order valence-electron chi connectivity index (χ1n) is 7.39. The number of fused-ring (bicyclic) bond motifs is 1. The summed E-state index contributed by atoms with van der Waals surface area (Å²) in [7, 11) is 2.65. The molecule has 2 rings (SSSR count). The lowest BCUT2D eigenvalue weighted by Gasteiger charge is -2.32. The average molecular weight is 329 g/mol. The second kappa shape index (κ2) is 5.76. The van der Waals surface area contributed by atoms with Crippen LogP contribution in [0.3, 0.4) is 0 Å². The molecular weight excluding hydrogens is 306 g/mol. The standard InChI is InChI=1S/C15H23NO7/c1-14(2,3)23-13(19)16-10(12(18)21-6)15(4)8(11(16)17)7-9(20-5)22-15/h8-10H,7H2,1-6H3. The number of rotatable bonds is 2. The molecular formula is C15H23NO7. The fourth-order valence-corrected chi connectivity index (χ4v) is 3.09. The zero-order valence-electron chi connectivity index (χ0n) is 14.2.